The van der Waals surface area contributed by atoms with Gasteiger partial charge in [0.2, 0.25) is 11.8 Å². The van der Waals surface area contributed by atoms with Gasteiger partial charge in [-0.3, -0.25) is 9.59 Å². The van der Waals surface area contributed by atoms with Crippen LogP contribution in [0.2, 0.25) is 0 Å². The first-order valence-corrected chi connectivity index (χ1v) is 7.74. The summed E-state index contributed by atoms with van der Waals surface area (Å²) in [6.07, 6.45) is 2.67. The summed E-state index contributed by atoms with van der Waals surface area (Å²) in [5.74, 6) is 0.450. The van der Waals surface area contributed by atoms with Gasteiger partial charge in [0.25, 0.3) is 0 Å². The van der Waals surface area contributed by atoms with Gasteiger partial charge in [-0.05, 0) is 26.2 Å². The van der Waals surface area contributed by atoms with Crippen molar-refractivity contribution < 1.29 is 14.3 Å². The lowest BCUT2D eigenvalue weighted by Gasteiger charge is -2.38. The van der Waals surface area contributed by atoms with Crippen molar-refractivity contribution in [1.29, 1.82) is 0 Å². The van der Waals surface area contributed by atoms with E-state index in [0.717, 1.165) is 19.6 Å². The number of nitrogens with zero attached hydrogens (tertiary/aromatic N) is 1. The van der Waals surface area contributed by atoms with E-state index in [1.54, 1.807) is 0 Å². The van der Waals surface area contributed by atoms with Crippen LogP contribution in [0.3, 0.4) is 0 Å². The van der Waals surface area contributed by atoms with Crippen molar-refractivity contribution in [3.63, 3.8) is 0 Å². The number of carbonyl (C=O) groups excluding carboxylic acids is 2. The normalized spacial score (nSPS) is 28.1. The van der Waals surface area contributed by atoms with Crippen LogP contribution in [0.15, 0.2) is 0 Å². The second-order valence-electron chi connectivity index (χ2n) is 5.95. The second-order valence-corrected chi connectivity index (χ2v) is 5.95. The number of hydrogen-bond acceptors (Lipinski definition) is 3. The average Bonchev–Trinajstić information content (AvgIpc) is 2.94. The van der Waals surface area contributed by atoms with Gasteiger partial charge in [0.05, 0.1) is 6.61 Å². The molecule has 1 N–H and O–H groups in total. The summed E-state index contributed by atoms with van der Waals surface area (Å²) in [6, 6.07) is 0.134. The second kappa shape index (κ2) is 6.12. The Morgan fingerprint density at radius 3 is 2.65 bits per heavy atom. The highest BCUT2D eigenvalue weighted by Crippen LogP contribution is 2.27. The third-order valence-electron chi connectivity index (χ3n) is 4.97. The van der Waals surface area contributed by atoms with Crippen LogP contribution in [0.4, 0.5) is 0 Å². The number of rotatable bonds is 4. The summed E-state index contributed by atoms with van der Waals surface area (Å²) in [4.78, 5) is 26.8. The van der Waals surface area contributed by atoms with Gasteiger partial charge in [0.1, 0.15) is 5.54 Å². The molecular weight excluding hydrogens is 256 g/mol. The summed E-state index contributed by atoms with van der Waals surface area (Å²) in [7, 11) is 0. The van der Waals surface area contributed by atoms with E-state index < -0.39 is 5.54 Å². The molecule has 2 heterocycles. The molecule has 2 fully saturated rings. The Balaban J connectivity index is 2.22. The van der Waals surface area contributed by atoms with Gasteiger partial charge in [-0.25, -0.2) is 0 Å². The number of ether oxygens (including phenoxy) is 1. The van der Waals surface area contributed by atoms with Gasteiger partial charge in [0.15, 0.2) is 0 Å². The van der Waals surface area contributed by atoms with Gasteiger partial charge < -0.3 is 15.0 Å². The molecule has 2 amide bonds. The monoisotopic (exact) mass is 282 g/mol. The minimum absolute atomic E-state index is 0.0144. The molecule has 0 aromatic rings. The van der Waals surface area contributed by atoms with E-state index in [1.807, 2.05) is 18.7 Å². The van der Waals surface area contributed by atoms with E-state index in [2.05, 4.69) is 12.2 Å². The summed E-state index contributed by atoms with van der Waals surface area (Å²) in [5.41, 5.74) is -0.721. The Labute approximate surface area is 121 Å². The van der Waals surface area contributed by atoms with E-state index >= 15 is 0 Å². The molecule has 0 aliphatic carbocycles. The van der Waals surface area contributed by atoms with E-state index in [9.17, 15) is 9.59 Å². The van der Waals surface area contributed by atoms with Gasteiger partial charge in [0, 0.05) is 31.5 Å². The lowest BCUT2D eigenvalue weighted by molar-refractivity contribution is -0.142. The van der Waals surface area contributed by atoms with Crippen LogP contribution in [0.5, 0.6) is 0 Å². The summed E-state index contributed by atoms with van der Waals surface area (Å²) in [5, 5.41) is 2.96. The molecule has 5 nitrogen and oxygen atoms in total. The van der Waals surface area contributed by atoms with Gasteiger partial charge in [-0.1, -0.05) is 13.8 Å². The van der Waals surface area contributed by atoms with Crippen LogP contribution in [0.25, 0.3) is 0 Å². The molecule has 0 saturated carbocycles. The fourth-order valence-electron chi connectivity index (χ4n) is 3.29. The Morgan fingerprint density at radius 2 is 2.10 bits per heavy atom. The first kappa shape index (κ1) is 15.3. The van der Waals surface area contributed by atoms with Crippen LogP contribution in [-0.2, 0) is 14.3 Å². The number of nitrogens with one attached hydrogen (secondary N) is 1. The molecule has 5 heteroatoms. The Hall–Kier alpha value is -1.10. The van der Waals surface area contributed by atoms with E-state index in [-0.39, 0.29) is 17.9 Å². The Bertz CT molecular complexity index is 373. The molecule has 0 spiro atoms. The SMILES string of the molecule is CCC1(CC)NC(=O)CCN(C(C)C2CCOC2)C1=O. The first-order chi connectivity index (χ1) is 9.54. The topological polar surface area (TPSA) is 58.6 Å². The quantitative estimate of drug-likeness (QED) is 0.846. The smallest absolute Gasteiger partial charge is 0.248 e. The van der Waals surface area contributed by atoms with E-state index in [4.69, 9.17) is 4.74 Å². The van der Waals surface area contributed by atoms with Gasteiger partial charge in [-0.2, -0.15) is 0 Å². The zero-order chi connectivity index (χ0) is 14.8. The molecule has 0 radical (unpaired) electrons. The first-order valence-electron chi connectivity index (χ1n) is 7.74. The molecule has 0 bridgehead atoms. The lowest BCUT2D eigenvalue weighted by Crippen LogP contribution is -2.58. The van der Waals surface area contributed by atoms with E-state index in [0.29, 0.717) is 31.7 Å². The molecule has 2 rings (SSSR count). The maximum absolute atomic E-state index is 12.9. The molecule has 2 aliphatic heterocycles. The van der Waals surface area contributed by atoms with Crippen LogP contribution in [0, 0.1) is 5.92 Å². The highest BCUT2D eigenvalue weighted by molar-refractivity contribution is 5.93. The Morgan fingerprint density at radius 1 is 1.40 bits per heavy atom. The van der Waals surface area contributed by atoms with Crippen LogP contribution >= 0.6 is 0 Å². The minimum Gasteiger partial charge on any atom is -0.381 e. The minimum atomic E-state index is -0.721. The maximum atomic E-state index is 12.9. The third kappa shape index (κ3) is 2.68. The molecule has 2 atom stereocenters. The number of carbonyl (C=O) groups is 2. The van der Waals surface area contributed by atoms with Gasteiger partial charge >= 0.3 is 0 Å². The van der Waals surface area contributed by atoms with Crippen molar-refractivity contribution in [2.45, 2.75) is 58.0 Å². The molecule has 0 aromatic carbocycles. The fourth-order valence-corrected chi connectivity index (χ4v) is 3.29. The van der Waals surface area contributed by atoms with Crippen molar-refractivity contribution in [2.75, 3.05) is 19.8 Å². The standard InChI is InChI=1S/C15H26N2O3/c1-4-15(5-2)14(19)17(8-6-13(18)16-15)11(3)12-7-9-20-10-12/h11-12H,4-10H2,1-3H3,(H,16,18). The van der Waals surface area contributed by atoms with Crippen LogP contribution in [-0.4, -0.2) is 48.1 Å². The number of hydrogen-bond donors (Lipinski definition) is 1. The highest BCUT2D eigenvalue weighted by atomic mass is 16.5. The molecule has 0 aromatic heterocycles. The van der Waals surface area contributed by atoms with Crippen LogP contribution in [0.1, 0.15) is 46.5 Å². The predicted octanol–water partition coefficient (Wildman–Crippen LogP) is 1.32. The van der Waals surface area contributed by atoms with Crippen molar-refractivity contribution in [3.05, 3.63) is 0 Å². The molecular formula is C15H26N2O3. The number of amides is 2. The molecule has 2 aliphatic rings. The summed E-state index contributed by atoms with van der Waals surface area (Å²) < 4.78 is 5.44. The predicted molar refractivity (Wildman–Crippen MR) is 76.2 cm³/mol. The average molecular weight is 282 g/mol. The maximum Gasteiger partial charge on any atom is 0.248 e. The molecule has 2 unspecified atom stereocenters. The molecule has 20 heavy (non-hydrogen) atoms. The van der Waals surface area contributed by atoms with Crippen molar-refractivity contribution in [2.24, 2.45) is 5.92 Å². The molecule has 114 valence electrons. The van der Waals surface area contributed by atoms with E-state index in [1.165, 1.54) is 0 Å². The lowest BCUT2D eigenvalue weighted by atomic mass is 9.89. The Kier molecular flexibility index (Phi) is 4.68. The fraction of sp³-hybridized carbons (Fsp3) is 0.867. The van der Waals surface area contributed by atoms with Crippen molar-refractivity contribution in [3.8, 4) is 0 Å². The summed E-state index contributed by atoms with van der Waals surface area (Å²) in [6.45, 7) is 8.04. The van der Waals surface area contributed by atoms with Gasteiger partial charge in [-0.15, -0.1) is 0 Å². The van der Waals surface area contributed by atoms with Crippen molar-refractivity contribution in [1.82, 2.24) is 10.2 Å². The molecule has 2 saturated heterocycles. The zero-order valence-corrected chi connectivity index (χ0v) is 12.8. The van der Waals surface area contributed by atoms with Crippen molar-refractivity contribution >= 4 is 11.8 Å². The largest absolute Gasteiger partial charge is 0.381 e. The summed E-state index contributed by atoms with van der Waals surface area (Å²) >= 11 is 0. The third-order valence-corrected chi connectivity index (χ3v) is 4.97. The zero-order valence-electron chi connectivity index (χ0n) is 12.8. The highest BCUT2D eigenvalue weighted by Gasteiger charge is 2.44. The van der Waals surface area contributed by atoms with Crippen LogP contribution < -0.4 is 5.32 Å².